The quantitative estimate of drug-likeness (QED) is 0.427. The second-order valence-corrected chi connectivity index (χ2v) is 3.34. The van der Waals surface area contributed by atoms with Crippen molar-refractivity contribution in [3.8, 4) is 0 Å². The van der Waals surface area contributed by atoms with Crippen LogP contribution in [0.3, 0.4) is 0 Å². The first-order chi connectivity index (χ1) is 8.88. The van der Waals surface area contributed by atoms with Crippen LogP contribution in [0.4, 0.5) is 23.5 Å². The van der Waals surface area contributed by atoms with Gasteiger partial charge in [0.15, 0.2) is 0 Å². The number of aromatic nitrogens is 3. The van der Waals surface area contributed by atoms with E-state index in [-0.39, 0.29) is 23.4 Å². The lowest BCUT2D eigenvalue weighted by Gasteiger charge is -1.93. The van der Waals surface area contributed by atoms with Gasteiger partial charge in [0.1, 0.15) is 0 Å². The smallest absolute Gasteiger partial charge is 0.335 e. The highest BCUT2D eigenvalue weighted by Crippen LogP contribution is 2.04. The third-order valence-electron chi connectivity index (χ3n) is 1.84. The molecule has 0 amide bonds. The molecule has 0 fully saturated rings. The van der Waals surface area contributed by atoms with Gasteiger partial charge < -0.3 is 28.0 Å². The molecule has 0 aliphatic rings. The van der Waals surface area contributed by atoms with Gasteiger partial charge in [0.05, 0.1) is 5.56 Å². The molecule has 0 aliphatic heterocycles. The third-order valence-corrected chi connectivity index (χ3v) is 1.84. The molecule has 100 valence electrons. The summed E-state index contributed by atoms with van der Waals surface area (Å²) in [5.41, 5.74) is 21.6. The molecule has 0 spiro atoms. The first kappa shape index (κ1) is 14.0. The van der Waals surface area contributed by atoms with Gasteiger partial charge in [-0.25, -0.2) is 4.79 Å². The molecule has 0 atom stereocenters. The zero-order chi connectivity index (χ0) is 14.4. The van der Waals surface area contributed by atoms with E-state index in [9.17, 15) is 4.79 Å². The van der Waals surface area contributed by atoms with Gasteiger partial charge in [-0.15, -0.1) is 0 Å². The Morgan fingerprint density at radius 3 is 1.53 bits per heavy atom. The van der Waals surface area contributed by atoms with E-state index < -0.39 is 5.97 Å². The number of hydrogen-bond donors (Lipinski definition) is 5. The van der Waals surface area contributed by atoms with Crippen LogP contribution in [-0.2, 0) is 0 Å². The number of rotatable bonds is 1. The zero-order valence-corrected chi connectivity index (χ0v) is 9.82. The van der Waals surface area contributed by atoms with E-state index in [1.165, 1.54) is 12.1 Å². The molecule has 19 heavy (non-hydrogen) atoms. The zero-order valence-electron chi connectivity index (χ0n) is 9.82. The Bertz CT molecular complexity index is 520. The molecule has 2 aromatic rings. The van der Waals surface area contributed by atoms with Crippen LogP contribution in [0, 0.1) is 0 Å². The highest BCUT2D eigenvalue weighted by Gasteiger charge is 1.98. The van der Waals surface area contributed by atoms with Crippen LogP contribution in [0.15, 0.2) is 24.3 Å². The third kappa shape index (κ3) is 4.73. The number of carboxylic acids is 1. The summed E-state index contributed by atoms with van der Waals surface area (Å²) in [5.74, 6) is -0.806. The average molecular weight is 263 g/mol. The van der Waals surface area contributed by atoms with E-state index in [4.69, 9.17) is 28.0 Å². The lowest BCUT2D eigenvalue weighted by atomic mass is 10.2. The van der Waals surface area contributed by atoms with Crippen LogP contribution in [-0.4, -0.2) is 26.0 Å². The standard InChI is InChI=1S/C7H7NO2.C3H6N6/c8-6-3-1-5(2-4-6)7(9)10;4-1-7-2(5)9-3(6)8-1/h1-4H,8H2,(H,9,10);(H6,4,5,6,7,8,9). The number of hydrogen-bond acceptors (Lipinski definition) is 8. The van der Waals surface area contributed by atoms with E-state index in [1.54, 1.807) is 12.1 Å². The second-order valence-electron chi connectivity index (χ2n) is 3.34. The average Bonchev–Trinajstić information content (AvgIpc) is 2.28. The van der Waals surface area contributed by atoms with Crippen molar-refractivity contribution in [3.63, 3.8) is 0 Å². The molecule has 1 heterocycles. The van der Waals surface area contributed by atoms with Crippen LogP contribution in [0.5, 0.6) is 0 Å². The van der Waals surface area contributed by atoms with Crippen LogP contribution in [0.2, 0.25) is 0 Å². The maximum Gasteiger partial charge on any atom is 0.335 e. The largest absolute Gasteiger partial charge is 0.478 e. The minimum absolute atomic E-state index is 0.0417. The van der Waals surface area contributed by atoms with Crippen LogP contribution in [0.1, 0.15) is 10.4 Å². The van der Waals surface area contributed by atoms with Crippen molar-refractivity contribution in [2.75, 3.05) is 22.9 Å². The molecule has 9 nitrogen and oxygen atoms in total. The Morgan fingerprint density at radius 2 is 1.21 bits per heavy atom. The first-order valence-electron chi connectivity index (χ1n) is 5.00. The summed E-state index contributed by atoms with van der Waals surface area (Å²) >= 11 is 0. The number of carbonyl (C=O) groups is 1. The van der Waals surface area contributed by atoms with E-state index >= 15 is 0 Å². The fraction of sp³-hybridized carbons (Fsp3) is 0. The Balaban J connectivity index is 0.000000191. The molecule has 0 unspecified atom stereocenters. The number of anilines is 4. The van der Waals surface area contributed by atoms with Crippen molar-refractivity contribution in [1.82, 2.24) is 15.0 Å². The Hall–Kier alpha value is -3.10. The molecule has 0 bridgehead atoms. The summed E-state index contributed by atoms with van der Waals surface area (Å²) in [6, 6.07) is 6.06. The molecule has 0 saturated carbocycles. The molecule has 1 aromatic carbocycles. The van der Waals surface area contributed by atoms with Gasteiger partial charge in [-0.05, 0) is 24.3 Å². The predicted octanol–water partition coefficient (Wildman–Crippen LogP) is -0.415. The summed E-state index contributed by atoms with van der Waals surface area (Å²) in [7, 11) is 0. The SMILES string of the molecule is Nc1ccc(C(=O)O)cc1.Nc1nc(N)nc(N)n1. The van der Waals surface area contributed by atoms with Crippen LogP contribution in [0.25, 0.3) is 0 Å². The Morgan fingerprint density at radius 1 is 0.842 bits per heavy atom. The maximum absolute atomic E-state index is 10.3. The lowest BCUT2D eigenvalue weighted by Crippen LogP contribution is -2.05. The van der Waals surface area contributed by atoms with E-state index in [1.807, 2.05) is 0 Å². The summed E-state index contributed by atoms with van der Waals surface area (Å²) < 4.78 is 0. The maximum atomic E-state index is 10.3. The number of nitrogens with zero attached hydrogens (tertiary/aromatic N) is 3. The van der Waals surface area contributed by atoms with Gasteiger partial charge in [-0.2, -0.15) is 15.0 Å². The Kier molecular flexibility index (Phi) is 4.41. The monoisotopic (exact) mass is 263 g/mol. The van der Waals surface area contributed by atoms with Gasteiger partial charge in [0.25, 0.3) is 0 Å². The summed E-state index contributed by atoms with van der Waals surface area (Å²) in [6.07, 6.45) is 0. The number of nitrogen functional groups attached to an aromatic ring is 4. The molecule has 9 N–H and O–H groups in total. The number of nitrogens with two attached hydrogens (primary N) is 4. The molecule has 0 aliphatic carbocycles. The summed E-state index contributed by atoms with van der Waals surface area (Å²) in [6.45, 7) is 0. The lowest BCUT2D eigenvalue weighted by molar-refractivity contribution is 0.0697. The van der Waals surface area contributed by atoms with Crippen molar-refractivity contribution in [1.29, 1.82) is 0 Å². The van der Waals surface area contributed by atoms with Gasteiger partial charge in [-0.1, -0.05) is 0 Å². The van der Waals surface area contributed by atoms with Crippen molar-refractivity contribution in [2.24, 2.45) is 0 Å². The highest BCUT2D eigenvalue weighted by molar-refractivity contribution is 5.87. The molecular formula is C10H13N7O2. The van der Waals surface area contributed by atoms with E-state index in [2.05, 4.69) is 15.0 Å². The molecule has 9 heteroatoms. The molecule has 1 aromatic heterocycles. The fourth-order valence-corrected chi connectivity index (χ4v) is 1.05. The van der Waals surface area contributed by atoms with Crippen molar-refractivity contribution >= 4 is 29.5 Å². The summed E-state index contributed by atoms with van der Waals surface area (Å²) in [5, 5.41) is 8.43. The minimum atomic E-state index is -0.931. The van der Waals surface area contributed by atoms with Crippen molar-refractivity contribution in [2.45, 2.75) is 0 Å². The molecular weight excluding hydrogens is 250 g/mol. The van der Waals surface area contributed by atoms with Crippen molar-refractivity contribution in [3.05, 3.63) is 29.8 Å². The fourth-order valence-electron chi connectivity index (χ4n) is 1.05. The molecule has 0 saturated heterocycles. The van der Waals surface area contributed by atoms with Gasteiger partial charge in [0, 0.05) is 5.69 Å². The highest BCUT2D eigenvalue weighted by atomic mass is 16.4. The van der Waals surface area contributed by atoms with Crippen molar-refractivity contribution < 1.29 is 9.90 Å². The predicted molar refractivity (Wildman–Crippen MR) is 70.9 cm³/mol. The van der Waals surface area contributed by atoms with E-state index in [0.717, 1.165) is 0 Å². The topological polar surface area (TPSA) is 180 Å². The molecule has 2 rings (SSSR count). The summed E-state index contributed by atoms with van der Waals surface area (Å²) in [4.78, 5) is 20.7. The van der Waals surface area contributed by atoms with Gasteiger partial charge in [0.2, 0.25) is 17.8 Å². The number of aromatic carboxylic acids is 1. The van der Waals surface area contributed by atoms with Crippen LogP contribution < -0.4 is 22.9 Å². The van der Waals surface area contributed by atoms with E-state index in [0.29, 0.717) is 5.69 Å². The number of carboxylic acid groups (broad SMARTS) is 1. The Labute approximate surface area is 108 Å². The van der Waals surface area contributed by atoms with Gasteiger partial charge >= 0.3 is 5.97 Å². The minimum Gasteiger partial charge on any atom is -0.478 e. The number of benzene rings is 1. The first-order valence-corrected chi connectivity index (χ1v) is 5.00. The van der Waals surface area contributed by atoms with Crippen LogP contribution >= 0.6 is 0 Å². The molecule has 0 radical (unpaired) electrons. The normalized spacial score (nSPS) is 9.26. The second kappa shape index (κ2) is 6.00. The van der Waals surface area contributed by atoms with Gasteiger partial charge in [-0.3, -0.25) is 0 Å².